The van der Waals surface area contributed by atoms with E-state index in [-0.39, 0.29) is 125 Å². The average molecular weight is 2130 g/mol. The average Bonchev–Trinajstić information content (AvgIpc) is 1.63. The molecule has 864 valence electrons. The molecule has 0 aromatic carbocycles. The summed E-state index contributed by atoms with van der Waals surface area (Å²) in [7, 11) is 8.52. The number of amides is 6. The van der Waals surface area contributed by atoms with Gasteiger partial charge < -0.3 is 115 Å². The van der Waals surface area contributed by atoms with Gasteiger partial charge in [0.05, 0.1) is 148 Å². The maximum Gasteiger partial charge on any atom is 0.410 e. The van der Waals surface area contributed by atoms with Crippen LogP contribution in [0.4, 0.5) is 28.8 Å². The lowest BCUT2D eigenvalue weighted by molar-refractivity contribution is -0.168. The Kier molecular flexibility index (Phi) is 54.1. The second-order valence-corrected chi connectivity index (χ2v) is 47.3. The quantitative estimate of drug-likeness (QED) is 0.0908. The van der Waals surface area contributed by atoms with Gasteiger partial charge in [-0.3, -0.25) is 28.8 Å². The van der Waals surface area contributed by atoms with Crippen LogP contribution in [0.2, 0.25) is 0 Å². The van der Waals surface area contributed by atoms with E-state index in [1.54, 1.807) is 29.4 Å². The fraction of sp³-hybridized carbons (Fsp3) is 0.895. The number of nitrogens with zero attached hydrogens (tertiary/aromatic N) is 6. The van der Waals surface area contributed by atoms with E-state index in [9.17, 15) is 57.5 Å². The first-order chi connectivity index (χ1) is 71.0. The van der Waals surface area contributed by atoms with Gasteiger partial charge in [0.1, 0.15) is 0 Å². The molecule has 0 radical (unpaired) electrons. The number of methoxy groups -OCH3 is 6. The van der Waals surface area contributed by atoms with Gasteiger partial charge in [0.2, 0.25) is 0 Å². The van der Waals surface area contributed by atoms with E-state index in [0.717, 1.165) is 226 Å². The maximum absolute atomic E-state index is 12.5. The number of carbonyl (C=O) groups excluding carboxylic acids is 12. The van der Waals surface area contributed by atoms with Gasteiger partial charge in [-0.25, -0.2) is 28.8 Å². The van der Waals surface area contributed by atoms with Crippen LogP contribution in [0.5, 0.6) is 0 Å². The summed E-state index contributed by atoms with van der Waals surface area (Å²) in [6.45, 7) is 48.3. The van der Waals surface area contributed by atoms with Crippen molar-refractivity contribution in [3.05, 3.63) is 0 Å². The third kappa shape index (κ3) is 39.8. The summed E-state index contributed by atoms with van der Waals surface area (Å²) in [4.78, 5) is 150. The standard InChI is InChI=1S/C19H31NO5.C18H29NO5.C17H27NO5.C8H15NO2.C7H13NO2.3C7H14O2.C6H11NO2.3C6H10O/c1-5-19(3,4)17(21)24-15-13-6-7-14(23-13)16(15)25-18(22)20-10-8-12(2)9-11-20;1-4-18(2,3)16(20)23-14-12-8-9-13(22-12)15(14)24-17(21)19-10-6-5-7-11-19;1-4-17(2,3)15(19)22-13-11-7-8-12(21-11)14(13)23-16(20)18-9-5-6-10-18;1-7-3-5-9(6-4-7)8(10)11-2;1-10-7(9)8-5-3-2-4-6-8;3*1-5-7(2,3)6(8)9-4;1-9-6(8)7-4-2-3-5-7;3*1-2-6-4-3-5(1)7-6/h12-16H,5-11H2,1-4H3;12-15H,4-11H2,1-3H3;11-14H,4-10H2,1-3H3;7H,3-6H2,1-2H3;2-6H2,1H3;3*5H2,1-4H3;2-5H2,1H3;3*5-6H,1-4H2. The number of rotatable bonds is 18. The molecular formula is C114H198N6O30. The first-order valence-corrected chi connectivity index (χ1v) is 57.2. The van der Waals surface area contributed by atoms with Gasteiger partial charge in [0, 0.05) is 78.5 Å². The van der Waals surface area contributed by atoms with Crippen molar-refractivity contribution >= 4 is 72.4 Å². The van der Waals surface area contributed by atoms with E-state index in [1.807, 2.05) is 125 Å². The molecule has 0 spiro atoms. The van der Waals surface area contributed by atoms with E-state index < -0.39 is 52.9 Å². The Labute approximate surface area is 897 Å². The van der Waals surface area contributed by atoms with Gasteiger partial charge in [-0.1, -0.05) is 55.4 Å². The smallest absolute Gasteiger partial charge is 0.410 e. The van der Waals surface area contributed by atoms with Gasteiger partial charge >= 0.3 is 72.4 Å². The number of hydrogen-bond acceptors (Lipinski definition) is 30. The maximum atomic E-state index is 12.5. The van der Waals surface area contributed by atoms with Gasteiger partial charge in [-0.2, -0.15) is 0 Å². The van der Waals surface area contributed by atoms with Crippen LogP contribution in [0.1, 0.15) is 382 Å². The molecule has 18 aliphatic heterocycles. The number of likely N-dealkylation sites (tertiary alicyclic amines) is 6. The highest BCUT2D eigenvalue weighted by Gasteiger charge is 2.58. The first kappa shape index (κ1) is 129. The molecule has 12 atom stereocenters. The number of hydrogen-bond donors (Lipinski definition) is 0. The van der Waals surface area contributed by atoms with Crippen molar-refractivity contribution < 1.29 is 143 Å². The molecule has 6 amide bonds. The lowest BCUT2D eigenvalue weighted by Crippen LogP contribution is -2.48. The Morgan fingerprint density at radius 2 is 0.360 bits per heavy atom. The third-order valence-electron chi connectivity index (χ3n) is 33.6. The summed E-state index contributed by atoms with van der Waals surface area (Å²) < 4.78 is 95.8. The van der Waals surface area contributed by atoms with Crippen molar-refractivity contribution in [1.29, 1.82) is 0 Å². The van der Waals surface area contributed by atoms with Crippen molar-refractivity contribution in [2.24, 2.45) is 44.3 Å². The number of fused-ring (bicyclic) bond motifs is 12. The van der Waals surface area contributed by atoms with Gasteiger partial charge in [0.15, 0.2) is 36.6 Å². The van der Waals surface area contributed by atoms with Crippen molar-refractivity contribution in [3.63, 3.8) is 0 Å². The number of ether oxygens (including phenoxy) is 18. The Morgan fingerprint density at radius 1 is 0.200 bits per heavy atom. The first-order valence-electron chi connectivity index (χ1n) is 57.2. The second-order valence-electron chi connectivity index (χ2n) is 47.3. The summed E-state index contributed by atoms with van der Waals surface area (Å²) in [5.74, 6) is 0.272. The van der Waals surface area contributed by atoms with Crippen molar-refractivity contribution in [2.75, 3.05) is 121 Å². The molecular weight excluding hydrogens is 1930 g/mol. The predicted molar refractivity (Wildman–Crippen MR) is 566 cm³/mol. The van der Waals surface area contributed by atoms with E-state index in [1.165, 1.54) is 126 Å². The van der Waals surface area contributed by atoms with Crippen LogP contribution in [-0.4, -0.2) is 333 Å². The topological polar surface area (TPSA) is 390 Å². The van der Waals surface area contributed by atoms with Crippen molar-refractivity contribution in [1.82, 2.24) is 29.4 Å². The van der Waals surface area contributed by atoms with E-state index in [2.05, 4.69) is 42.3 Å². The zero-order chi connectivity index (χ0) is 111. The zero-order valence-electron chi connectivity index (χ0n) is 96.8. The molecule has 0 aromatic rings. The summed E-state index contributed by atoms with van der Waals surface area (Å²) in [5, 5.41) is 0. The van der Waals surface area contributed by atoms with Crippen LogP contribution in [0.3, 0.4) is 0 Å². The van der Waals surface area contributed by atoms with Crippen LogP contribution in [0.15, 0.2) is 0 Å². The highest BCUT2D eigenvalue weighted by atomic mass is 16.7. The summed E-state index contributed by atoms with van der Waals surface area (Å²) in [6, 6.07) is 0. The van der Waals surface area contributed by atoms with E-state index >= 15 is 0 Å². The van der Waals surface area contributed by atoms with E-state index in [0.29, 0.717) is 61.8 Å². The minimum absolute atomic E-state index is 0.134. The summed E-state index contributed by atoms with van der Waals surface area (Å²) in [6.07, 6.45) is 39.7. The minimum atomic E-state index is -0.542. The van der Waals surface area contributed by atoms with Crippen LogP contribution >= 0.6 is 0 Å². The Morgan fingerprint density at radius 3 is 0.520 bits per heavy atom. The normalized spacial score (nSPS) is 28.3. The number of carbonyl (C=O) groups is 12. The van der Waals surface area contributed by atoms with Gasteiger partial charge in [-0.05, 0) is 339 Å². The lowest BCUT2D eigenvalue weighted by Gasteiger charge is -2.34. The Balaban J connectivity index is 0.000000228. The molecule has 36 heteroatoms. The SMILES string of the molecule is C1CC2CCC1O2.C1CC2CCC1O2.C1CC2CCC1O2.CCC(C)(C)C(=O)OC.CCC(C)(C)C(=O)OC.CCC(C)(C)C(=O)OC.CCC(C)(C)C(=O)OC1C2CCC(O2)C1OC(=O)N1CCC(C)CC1.CCC(C)(C)C(=O)OC1C2CCC(O2)C1OC(=O)N1CCCC1.CCC(C)(C)C(=O)OC1C2CCC(O2)C1OC(=O)N1CCCCC1.COC(=O)N1CCC(C)CC1.COC(=O)N1CCCC1.COC(=O)N1CCCCC1. The second kappa shape index (κ2) is 62.8. The fourth-order valence-electron chi connectivity index (χ4n) is 20.2. The van der Waals surface area contributed by atoms with Crippen molar-refractivity contribution in [2.45, 2.75) is 492 Å². The molecule has 0 saturated carbocycles. The Bertz CT molecular complexity index is 3920. The molecule has 12 unspecified atom stereocenters. The summed E-state index contributed by atoms with van der Waals surface area (Å²) in [5.41, 5.74) is -2.55. The third-order valence-corrected chi connectivity index (χ3v) is 33.6. The summed E-state index contributed by atoms with van der Waals surface area (Å²) >= 11 is 0. The highest BCUT2D eigenvalue weighted by molar-refractivity contribution is 5.79. The molecule has 18 fully saturated rings. The lowest BCUT2D eigenvalue weighted by atomic mass is 9.89. The number of piperidine rings is 4. The highest BCUT2D eigenvalue weighted by Crippen LogP contribution is 2.45. The molecule has 150 heavy (non-hydrogen) atoms. The minimum Gasteiger partial charge on any atom is -0.469 e. The largest absolute Gasteiger partial charge is 0.469 e. The Hall–Kier alpha value is -7.80. The molecule has 18 rings (SSSR count). The molecule has 12 bridgehead atoms. The molecule has 18 aliphatic rings. The monoisotopic (exact) mass is 2130 g/mol. The number of esters is 6. The van der Waals surface area contributed by atoms with Crippen LogP contribution < -0.4 is 0 Å². The fourth-order valence-corrected chi connectivity index (χ4v) is 20.2. The predicted octanol–water partition coefficient (Wildman–Crippen LogP) is 20.9. The molecule has 0 aromatic heterocycles. The molecule has 18 saturated heterocycles. The molecule has 0 N–H and O–H groups in total. The van der Waals surface area contributed by atoms with Crippen LogP contribution in [-0.2, 0) is 114 Å². The van der Waals surface area contributed by atoms with Crippen molar-refractivity contribution in [3.8, 4) is 0 Å². The molecule has 36 nitrogen and oxygen atoms in total. The zero-order valence-corrected chi connectivity index (χ0v) is 96.8. The van der Waals surface area contributed by atoms with Gasteiger partial charge in [-0.15, -0.1) is 0 Å². The molecule has 0 aliphatic carbocycles. The van der Waals surface area contributed by atoms with E-state index in [4.69, 9.17) is 56.8 Å². The van der Waals surface area contributed by atoms with Gasteiger partial charge in [0.25, 0.3) is 0 Å². The van der Waals surface area contributed by atoms with Crippen LogP contribution in [0.25, 0.3) is 0 Å². The molecule has 18 heterocycles. The van der Waals surface area contributed by atoms with Crippen LogP contribution in [0, 0.1) is 44.3 Å².